The molecule has 0 bridgehead atoms. The number of rotatable bonds is 8. The molecule has 2 aromatic rings. The average Bonchev–Trinajstić information content (AvgIpc) is 3.10. The van der Waals surface area contributed by atoms with Gasteiger partial charge >= 0.3 is 12.1 Å². The number of benzene rings is 2. The van der Waals surface area contributed by atoms with Crippen molar-refractivity contribution in [2.75, 3.05) is 13.2 Å². The maximum absolute atomic E-state index is 13.4. The average molecular weight is 467 g/mol. The number of imide groups is 1. The minimum absolute atomic E-state index is 0.171. The minimum Gasteiger partial charge on any atom is -0.464 e. The fraction of sp³-hybridized carbons (Fsp3) is 0.444. The first-order valence-corrected chi connectivity index (χ1v) is 11.7. The summed E-state index contributed by atoms with van der Waals surface area (Å²) in [6.45, 7) is 8.72. The van der Waals surface area contributed by atoms with Gasteiger partial charge in [-0.05, 0) is 45.2 Å². The normalized spacial score (nSPS) is 18.3. The van der Waals surface area contributed by atoms with Crippen LogP contribution in [0.3, 0.4) is 0 Å². The first-order valence-electron chi connectivity index (χ1n) is 11.7. The van der Waals surface area contributed by atoms with E-state index in [9.17, 15) is 14.4 Å². The van der Waals surface area contributed by atoms with Crippen LogP contribution in [0.2, 0.25) is 0 Å². The Hall–Kier alpha value is -3.19. The highest BCUT2D eigenvalue weighted by Gasteiger charge is 2.49. The Labute approximate surface area is 201 Å². The fourth-order valence-corrected chi connectivity index (χ4v) is 4.13. The van der Waals surface area contributed by atoms with Crippen molar-refractivity contribution in [3.63, 3.8) is 0 Å². The van der Waals surface area contributed by atoms with Crippen molar-refractivity contribution < 1.29 is 23.9 Å². The molecule has 0 saturated carbocycles. The predicted octanol–water partition coefficient (Wildman–Crippen LogP) is 4.40. The largest absolute Gasteiger partial charge is 0.464 e. The van der Waals surface area contributed by atoms with Crippen LogP contribution in [0.1, 0.15) is 45.2 Å². The number of carbonyl (C=O) groups is 3. The van der Waals surface area contributed by atoms with Gasteiger partial charge in [0, 0.05) is 19.6 Å². The highest BCUT2D eigenvalue weighted by Crippen LogP contribution is 2.29. The van der Waals surface area contributed by atoms with E-state index >= 15 is 0 Å². The van der Waals surface area contributed by atoms with Crippen molar-refractivity contribution in [3.8, 4) is 0 Å². The number of hydrogen-bond donors (Lipinski definition) is 0. The monoisotopic (exact) mass is 466 g/mol. The van der Waals surface area contributed by atoms with Gasteiger partial charge in [-0.3, -0.25) is 9.69 Å². The van der Waals surface area contributed by atoms with E-state index in [0.29, 0.717) is 19.6 Å². The van der Waals surface area contributed by atoms with Gasteiger partial charge in [0.2, 0.25) is 5.91 Å². The maximum Gasteiger partial charge on any atom is 0.417 e. The molecule has 1 aliphatic heterocycles. The molecule has 7 heteroatoms. The van der Waals surface area contributed by atoms with Crippen LogP contribution in [0, 0.1) is 5.92 Å². The standard InChI is InChI=1S/C27H34N2O5/c1-5-33-25(31)23-16-22(24(30)29(23)26(32)34-27(2,3)4)19-28(17-20-12-8-6-9-13-20)18-21-14-10-7-11-15-21/h6-15,22-23H,5,16-19H2,1-4H3/t22-,23-/m1/s1. The lowest BCUT2D eigenvalue weighted by Crippen LogP contribution is -2.46. The van der Waals surface area contributed by atoms with E-state index in [1.165, 1.54) is 0 Å². The van der Waals surface area contributed by atoms with Gasteiger partial charge in [-0.1, -0.05) is 60.7 Å². The second kappa shape index (κ2) is 11.3. The van der Waals surface area contributed by atoms with Crippen LogP contribution in [0.25, 0.3) is 0 Å². The summed E-state index contributed by atoms with van der Waals surface area (Å²) >= 11 is 0. The van der Waals surface area contributed by atoms with Crippen LogP contribution in [-0.2, 0) is 32.2 Å². The zero-order chi connectivity index (χ0) is 24.7. The van der Waals surface area contributed by atoms with Gasteiger partial charge in [-0.25, -0.2) is 14.5 Å². The number of likely N-dealkylation sites (tertiary alicyclic amines) is 1. The molecule has 2 aromatic carbocycles. The topological polar surface area (TPSA) is 76.2 Å². The summed E-state index contributed by atoms with van der Waals surface area (Å²) in [4.78, 5) is 42.0. The summed E-state index contributed by atoms with van der Waals surface area (Å²) < 4.78 is 10.6. The Morgan fingerprint density at radius 3 is 1.97 bits per heavy atom. The molecule has 0 radical (unpaired) electrons. The Morgan fingerprint density at radius 2 is 1.50 bits per heavy atom. The second-order valence-corrected chi connectivity index (χ2v) is 9.53. The summed E-state index contributed by atoms with van der Waals surface area (Å²) in [6.07, 6.45) is -0.604. The number of hydrogen-bond acceptors (Lipinski definition) is 6. The van der Waals surface area contributed by atoms with Crippen molar-refractivity contribution >= 4 is 18.0 Å². The summed E-state index contributed by atoms with van der Waals surface area (Å²) in [5, 5.41) is 0. The third-order valence-corrected chi connectivity index (χ3v) is 5.53. The molecule has 1 fully saturated rings. The van der Waals surface area contributed by atoms with Crippen LogP contribution >= 0.6 is 0 Å². The van der Waals surface area contributed by atoms with Crippen LogP contribution in [0.4, 0.5) is 4.79 Å². The molecular formula is C27H34N2O5. The van der Waals surface area contributed by atoms with Gasteiger partial charge in [-0.2, -0.15) is 0 Å². The molecule has 0 N–H and O–H groups in total. The lowest BCUT2D eigenvalue weighted by Gasteiger charge is -2.27. The van der Waals surface area contributed by atoms with Crippen LogP contribution in [0.15, 0.2) is 60.7 Å². The van der Waals surface area contributed by atoms with Gasteiger partial charge in [0.1, 0.15) is 11.6 Å². The predicted molar refractivity (Wildman–Crippen MR) is 129 cm³/mol. The minimum atomic E-state index is -0.984. The van der Waals surface area contributed by atoms with Crippen LogP contribution < -0.4 is 0 Å². The van der Waals surface area contributed by atoms with Gasteiger partial charge in [0.25, 0.3) is 0 Å². The lowest BCUT2D eigenvalue weighted by atomic mass is 10.0. The maximum atomic E-state index is 13.4. The van der Waals surface area contributed by atoms with E-state index in [1.54, 1.807) is 27.7 Å². The van der Waals surface area contributed by atoms with E-state index in [0.717, 1.165) is 16.0 Å². The van der Waals surface area contributed by atoms with E-state index in [-0.39, 0.29) is 13.0 Å². The van der Waals surface area contributed by atoms with Crippen LogP contribution in [-0.4, -0.2) is 52.6 Å². The number of esters is 1. The van der Waals surface area contributed by atoms with E-state index in [4.69, 9.17) is 9.47 Å². The molecule has 1 aliphatic rings. The summed E-state index contributed by atoms with van der Waals surface area (Å²) in [5.74, 6) is -1.52. The highest BCUT2D eigenvalue weighted by atomic mass is 16.6. The number of ether oxygens (including phenoxy) is 2. The number of nitrogens with zero attached hydrogens (tertiary/aromatic N) is 2. The molecular weight excluding hydrogens is 432 g/mol. The summed E-state index contributed by atoms with van der Waals surface area (Å²) in [6, 6.07) is 19.1. The third-order valence-electron chi connectivity index (χ3n) is 5.53. The zero-order valence-corrected chi connectivity index (χ0v) is 20.4. The molecule has 0 aliphatic carbocycles. The Bertz CT molecular complexity index is 930. The van der Waals surface area contributed by atoms with Gasteiger partial charge in [0.15, 0.2) is 0 Å². The molecule has 0 aromatic heterocycles. The molecule has 34 heavy (non-hydrogen) atoms. The zero-order valence-electron chi connectivity index (χ0n) is 20.4. The quantitative estimate of drug-likeness (QED) is 0.537. The molecule has 2 amide bonds. The smallest absolute Gasteiger partial charge is 0.417 e. The molecule has 1 heterocycles. The molecule has 0 spiro atoms. The highest BCUT2D eigenvalue weighted by molar-refractivity contribution is 6.00. The fourth-order valence-electron chi connectivity index (χ4n) is 4.13. The lowest BCUT2D eigenvalue weighted by molar-refractivity contribution is -0.151. The van der Waals surface area contributed by atoms with E-state index in [1.807, 2.05) is 60.7 Å². The first-order chi connectivity index (χ1) is 16.2. The second-order valence-electron chi connectivity index (χ2n) is 9.53. The Balaban J connectivity index is 1.83. The SMILES string of the molecule is CCOC(=O)[C@H]1C[C@H](CN(Cc2ccccc2)Cc2ccccc2)C(=O)N1C(=O)OC(C)(C)C. The van der Waals surface area contributed by atoms with Crippen molar-refractivity contribution in [1.29, 1.82) is 0 Å². The number of amides is 2. The van der Waals surface area contributed by atoms with Crippen LogP contribution in [0.5, 0.6) is 0 Å². The Morgan fingerprint density at radius 1 is 0.971 bits per heavy atom. The molecule has 1 saturated heterocycles. The molecule has 182 valence electrons. The molecule has 7 nitrogen and oxygen atoms in total. The Kier molecular flexibility index (Phi) is 8.45. The van der Waals surface area contributed by atoms with E-state index in [2.05, 4.69) is 4.90 Å². The first kappa shape index (κ1) is 25.4. The molecule has 0 unspecified atom stereocenters. The third kappa shape index (κ3) is 6.90. The molecule has 2 atom stereocenters. The van der Waals surface area contributed by atoms with Crippen molar-refractivity contribution in [2.24, 2.45) is 5.92 Å². The van der Waals surface area contributed by atoms with E-state index < -0.39 is 35.5 Å². The van der Waals surface area contributed by atoms with Gasteiger partial charge in [-0.15, -0.1) is 0 Å². The summed E-state index contributed by atoms with van der Waals surface area (Å²) in [7, 11) is 0. The summed E-state index contributed by atoms with van der Waals surface area (Å²) in [5.41, 5.74) is 1.45. The van der Waals surface area contributed by atoms with Crippen molar-refractivity contribution in [1.82, 2.24) is 9.80 Å². The van der Waals surface area contributed by atoms with Gasteiger partial charge in [0.05, 0.1) is 12.5 Å². The van der Waals surface area contributed by atoms with Crippen molar-refractivity contribution in [3.05, 3.63) is 71.8 Å². The van der Waals surface area contributed by atoms with Crippen molar-refractivity contribution in [2.45, 2.75) is 58.8 Å². The number of carbonyl (C=O) groups excluding carboxylic acids is 3. The molecule has 3 rings (SSSR count). The van der Waals surface area contributed by atoms with Gasteiger partial charge < -0.3 is 9.47 Å².